The quantitative estimate of drug-likeness (QED) is 0.363. The summed E-state index contributed by atoms with van der Waals surface area (Å²) in [6.45, 7) is 5.37. The van der Waals surface area contributed by atoms with Crippen LogP contribution in [-0.2, 0) is 19.1 Å². The van der Waals surface area contributed by atoms with Crippen molar-refractivity contribution in [3.8, 4) is 0 Å². The Hall–Kier alpha value is -1.24. The second-order valence-corrected chi connectivity index (χ2v) is 7.77. The zero-order chi connectivity index (χ0) is 15.8. The van der Waals surface area contributed by atoms with E-state index in [0.717, 1.165) is 5.57 Å². The van der Waals surface area contributed by atoms with Crippen LogP contribution in [0.1, 0.15) is 27.2 Å². The van der Waals surface area contributed by atoms with Crippen LogP contribution in [0, 0.1) is 17.3 Å². The van der Waals surface area contributed by atoms with Crippen LogP contribution in [0.2, 0.25) is 0 Å². The average Bonchev–Trinajstić information content (AvgIpc) is 3.02. The minimum absolute atomic E-state index is 0.109. The zero-order valence-corrected chi connectivity index (χ0v) is 12.6. The molecule has 8 unspecified atom stereocenters. The molecular formula is C16H18O6. The number of hydrogen-bond acceptors (Lipinski definition) is 6. The molecule has 6 heteroatoms. The SMILES string of the molecule is CC(C)=C1C(=O)C2C1C(O)C1OC(=O)C34OC3CC2(O)C14C. The van der Waals surface area contributed by atoms with Gasteiger partial charge in [-0.2, -0.15) is 0 Å². The predicted molar refractivity (Wildman–Crippen MR) is 71.5 cm³/mol. The molecule has 2 aliphatic heterocycles. The van der Waals surface area contributed by atoms with Crippen molar-refractivity contribution in [2.24, 2.45) is 17.3 Å². The molecule has 0 amide bonds. The number of epoxide rings is 1. The van der Waals surface area contributed by atoms with Crippen molar-refractivity contribution in [1.82, 2.24) is 0 Å². The highest BCUT2D eigenvalue weighted by molar-refractivity contribution is 6.07. The Labute approximate surface area is 127 Å². The summed E-state index contributed by atoms with van der Waals surface area (Å²) in [4.78, 5) is 24.9. The minimum Gasteiger partial charge on any atom is -0.457 e. The molecule has 5 fully saturated rings. The summed E-state index contributed by atoms with van der Waals surface area (Å²) in [7, 11) is 0. The molecule has 0 radical (unpaired) electrons. The van der Waals surface area contributed by atoms with E-state index in [-0.39, 0.29) is 12.2 Å². The van der Waals surface area contributed by atoms with Crippen LogP contribution < -0.4 is 0 Å². The number of Topliss-reactive ketones (excluding diaryl/α,β-unsaturated/α-hetero) is 1. The number of allylic oxidation sites excluding steroid dienone is 1. The van der Waals surface area contributed by atoms with Gasteiger partial charge in [0.15, 0.2) is 5.78 Å². The van der Waals surface area contributed by atoms with E-state index in [9.17, 15) is 19.8 Å². The van der Waals surface area contributed by atoms with Gasteiger partial charge in [0.2, 0.25) is 5.60 Å². The Morgan fingerprint density at radius 3 is 2.64 bits per heavy atom. The van der Waals surface area contributed by atoms with E-state index in [2.05, 4.69) is 0 Å². The van der Waals surface area contributed by atoms with Gasteiger partial charge >= 0.3 is 5.97 Å². The molecule has 2 N–H and O–H groups in total. The Bertz CT molecular complexity index is 693. The first kappa shape index (κ1) is 13.2. The molecule has 8 atom stereocenters. The fourth-order valence-electron chi connectivity index (χ4n) is 5.90. The first-order chi connectivity index (χ1) is 10.2. The van der Waals surface area contributed by atoms with Gasteiger partial charge in [-0.1, -0.05) is 5.57 Å². The highest BCUT2D eigenvalue weighted by Crippen LogP contribution is 2.77. The summed E-state index contributed by atoms with van der Waals surface area (Å²) in [6.07, 6.45) is -1.97. The van der Waals surface area contributed by atoms with Crippen molar-refractivity contribution in [1.29, 1.82) is 0 Å². The number of carbonyl (C=O) groups excluding carboxylic acids is 2. The molecule has 0 aromatic carbocycles. The fraction of sp³-hybridized carbons (Fsp3) is 0.750. The lowest BCUT2D eigenvalue weighted by atomic mass is 9.45. The van der Waals surface area contributed by atoms with Gasteiger partial charge in [0, 0.05) is 17.9 Å². The third-order valence-corrected chi connectivity index (χ3v) is 6.97. The third kappa shape index (κ3) is 0.907. The van der Waals surface area contributed by atoms with Crippen LogP contribution in [0.15, 0.2) is 11.1 Å². The van der Waals surface area contributed by atoms with Crippen molar-refractivity contribution in [3.63, 3.8) is 0 Å². The molecule has 3 aliphatic carbocycles. The van der Waals surface area contributed by atoms with Crippen LogP contribution in [0.5, 0.6) is 0 Å². The van der Waals surface area contributed by atoms with Crippen molar-refractivity contribution >= 4 is 11.8 Å². The molecule has 5 aliphatic rings. The first-order valence-electron chi connectivity index (χ1n) is 7.72. The largest absolute Gasteiger partial charge is 0.457 e. The molecule has 2 saturated heterocycles. The van der Waals surface area contributed by atoms with E-state index < -0.39 is 52.7 Å². The number of ether oxygens (including phenoxy) is 2. The number of carbonyl (C=O) groups is 2. The van der Waals surface area contributed by atoms with Gasteiger partial charge in [-0.15, -0.1) is 0 Å². The van der Waals surface area contributed by atoms with Crippen LogP contribution in [-0.4, -0.2) is 51.5 Å². The molecule has 3 saturated carbocycles. The zero-order valence-electron chi connectivity index (χ0n) is 12.6. The van der Waals surface area contributed by atoms with Crippen molar-refractivity contribution in [2.75, 3.05) is 0 Å². The number of aliphatic hydroxyl groups excluding tert-OH is 1. The number of rotatable bonds is 0. The normalized spacial score (nSPS) is 60.2. The van der Waals surface area contributed by atoms with Gasteiger partial charge in [0.05, 0.1) is 23.0 Å². The predicted octanol–water partition coefficient (Wildman–Crippen LogP) is -0.284. The van der Waals surface area contributed by atoms with Gasteiger partial charge < -0.3 is 19.7 Å². The van der Waals surface area contributed by atoms with E-state index in [4.69, 9.17) is 9.47 Å². The van der Waals surface area contributed by atoms with Gasteiger partial charge in [0.25, 0.3) is 0 Å². The van der Waals surface area contributed by atoms with Gasteiger partial charge in [-0.05, 0) is 20.8 Å². The summed E-state index contributed by atoms with van der Waals surface area (Å²) >= 11 is 0. The average molecular weight is 306 g/mol. The van der Waals surface area contributed by atoms with Crippen LogP contribution in [0.25, 0.3) is 0 Å². The standard InChI is InChI=1S/C16H18O6/c1-5(2)7-8-9(10(7)17)15(20)4-6-16(22-6)13(19)21-12(11(8)18)14(15,16)3/h6,8-9,11-12,18,20H,4H2,1-3H3. The lowest BCUT2D eigenvalue weighted by Crippen LogP contribution is -2.74. The third-order valence-electron chi connectivity index (χ3n) is 6.97. The molecule has 0 aromatic heterocycles. The molecule has 1 spiro atoms. The van der Waals surface area contributed by atoms with Gasteiger partial charge in [0.1, 0.15) is 12.2 Å². The molecule has 0 aromatic rings. The first-order valence-corrected chi connectivity index (χ1v) is 7.72. The number of ketones is 1. The summed E-state index contributed by atoms with van der Waals surface area (Å²) in [5.41, 5.74) is -2.17. The molecule has 22 heavy (non-hydrogen) atoms. The maximum atomic E-state index is 12.6. The number of fused-ring (bicyclic) bond motifs is 2. The molecule has 2 heterocycles. The van der Waals surface area contributed by atoms with Crippen LogP contribution in [0.4, 0.5) is 0 Å². The lowest BCUT2D eigenvalue weighted by Gasteiger charge is -2.60. The Kier molecular flexibility index (Phi) is 1.91. The summed E-state index contributed by atoms with van der Waals surface area (Å²) < 4.78 is 11.0. The topological polar surface area (TPSA) is 96.4 Å². The molecule has 5 rings (SSSR count). The fourth-order valence-corrected chi connectivity index (χ4v) is 5.90. The van der Waals surface area contributed by atoms with Gasteiger partial charge in [-0.25, -0.2) is 4.79 Å². The Balaban J connectivity index is 1.73. The van der Waals surface area contributed by atoms with Crippen LogP contribution in [0.3, 0.4) is 0 Å². The number of aliphatic hydroxyl groups is 2. The molecular weight excluding hydrogens is 288 g/mol. The highest BCUT2D eigenvalue weighted by Gasteiger charge is 2.94. The minimum atomic E-state index is -1.35. The summed E-state index contributed by atoms with van der Waals surface area (Å²) in [5.74, 6) is -1.74. The maximum Gasteiger partial charge on any atom is 0.342 e. The van der Waals surface area contributed by atoms with Crippen molar-refractivity contribution in [2.45, 2.75) is 56.7 Å². The summed E-state index contributed by atoms with van der Waals surface area (Å²) in [5, 5.41) is 22.1. The van der Waals surface area contributed by atoms with E-state index in [1.165, 1.54) is 0 Å². The Morgan fingerprint density at radius 2 is 2.00 bits per heavy atom. The molecule has 6 nitrogen and oxygen atoms in total. The second-order valence-electron chi connectivity index (χ2n) is 7.77. The number of esters is 1. The van der Waals surface area contributed by atoms with E-state index >= 15 is 0 Å². The maximum absolute atomic E-state index is 12.6. The van der Waals surface area contributed by atoms with Crippen LogP contribution >= 0.6 is 0 Å². The van der Waals surface area contributed by atoms with E-state index in [1.807, 2.05) is 13.8 Å². The smallest absolute Gasteiger partial charge is 0.342 e. The van der Waals surface area contributed by atoms with E-state index in [1.54, 1.807) is 6.92 Å². The molecule has 118 valence electrons. The highest BCUT2D eigenvalue weighted by atomic mass is 16.7. The number of hydrogen-bond donors (Lipinski definition) is 2. The summed E-state index contributed by atoms with van der Waals surface area (Å²) in [6, 6.07) is 0. The van der Waals surface area contributed by atoms with E-state index in [0.29, 0.717) is 5.57 Å². The van der Waals surface area contributed by atoms with Crippen molar-refractivity contribution in [3.05, 3.63) is 11.1 Å². The second kappa shape index (κ2) is 3.18. The Morgan fingerprint density at radius 1 is 1.32 bits per heavy atom. The van der Waals surface area contributed by atoms with Crippen molar-refractivity contribution < 1.29 is 29.3 Å². The van der Waals surface area contributed by atoms with Gasteiger partial charge in [-0.3, -0.25) is 4.79 Å². The monoisotopic (exact) mass is 306 g/mol. The lowest BCUT2D eigenvalue weighted by molar-refractivity contribution is -0.240. The molecule has 0 bridgehead atoms.